The Kier molecular flexibility index (Phi) is 3.98. The number of halogens is 1. The molecule has 0 radical (unpaired) electrons. The highest BCUT2D eigenvalue weighted by Gasteiger charge is 2.29. The molecule has 2 aromatic carbocycles. The summed E-state index contributed by atoms with van der Waals surface area (Å²) in [5, 5.41) is 0.681. The lowest BCUT2D eigenvalue weighted by molar-refractivity contribution is -0.120. The van der Waals surface area contributed by atoms with Crippen LogP contribution < -0.4 is 4.90 Å². The monoisotopic (exact) mass is 299 g/mol. The minimum absolute atomic E-state index is 0.130. The number of amides is 1. The smallest absolute Gasteiger partial charge is 0.234 e. The predicted molar refractivity (Wildman–Crippen MR) is 87.0 cm³/mol. The molecule has 0 bridgehead atoms. The van der Waals surface area contributed by atoms with Crippen LogP contribution in [0.25, 0.3) is 0 Å². The minimum atomic E-state index is -0.130. The van der Waals surface area contributed by atoms with E-state index in [0.717, 1.165) is 30.6 Å². The van der Waals surface area contributed by atoms with Crippen LogP contribution in [0.15, 0.2) is 48.5 Å². The largest absolute Gasteiger partial charge is 0.311 e. The first-order chi connectivity index (χ1) is 10.2. The molecule has 1 aliphatic rings. The van der Waals surface area contributed by atoms with Gasteiger partial charge in [0.25, 0.3) is 0 Å². The highest BCUT2D eigenvalue weighted by molar-refractivity contribution is 6.30. The van der Waals surface area contributed by atoms with Crippen molar-refractivity contribution in [2.24, 2.45) is 0 Å². The van der Waals surface area contributed by atoms with Crippen LogP contribution in [0.3, 0.4) is 0 Å². The molecule has 108 valence electrons. The highest BCUT2D eigenvalue weighted by Crippen LogP contribution is 2.32. The standard InChI is InChI=1S/C18H18ClNO/c1-2-16(14-7-5-8-15(19)12-14)18(21)20-11-10-13-6-3-4-9-17(13)20/h3-9,12,16H,2,10-11H2,1H3/t16-/m0/s1. The van der Waals surface area contributed by atoms with E-state index in [9.17, 15) is 4.79 Å². The fourth-order valence-corrected chi connectivity index (χ4v) is 3.23. The number of carbonyl (C=O) groups is 1. The minimum Gasteiger partial charge on any atom is -0.311 e. The first kappa shape index (κ1) is 14.2. The van der Waals surface area contributed by atoms with Crippen LogP contribution in [-0.2, 0) is 11.2 Å². The molecule has 0 unspecified atom stereocenters. The molecule has 0 aromatic heterocycles. The van der Waals surface area contributed by atoms with Gasteiger partial charge in [-0.3, -0.25) is 4.79 Å². The van der Waals surface area contributed by atoms with Gasteiger partial charge in [-0.15, -0.1) is 0 Å². The van der Waals surface area contributed by atoms with E-state index in [1.165, 1.54) is 5.56 Å². The van der Waals surface area contributed by atoms with Crippen molar-refractivity contribution in [1.82, 2.24) is 0 Å². The summed E-state index contributed by atoms with van der Waals surface area (Å²) in [5.74, 6) is 0.0413. The number of fused-ring (bicyclic) bond motifs is 1. The SMILES string of the molecule is CC[C@H](C(=O)N1CCc2ccccc21)c1cccc(Cl)c1. The number of hydrogen-bond acceptors (Lipinski definition) is 1. The van der Waals surface area contributed by atoms with Crippen molar-refractivity contribution in [2.45, 2.75) is 25.7 Å². The third-order valence-corrected chi connectivity index (χ3v) is 4.35. The number of rotatable bonds is 3. The van der Waals surface area contributed by atoms with Crippen LogP contribution in [-0.4, -0.2) is 12.5 Å². The average Bonchev–Trinajstić information content (AvgIpc) is 2.92. The molecule has 1 heterocycles. The number of anilines is 1. The summed E-state index contributed by atoms with van der Waals surface area (Å²) >= 11 is 6.07. The van der Waals surface area contributed by atoms with Gasteiger partial charge >= 0.3 is 0 Å². The summed E-state index contributed by atoms with van der Waals surface area (Å²) in [6.07, 6.45) is 1.71. The van der Waals surface area contributed by atoms with Gasteiger partial charge in [0, 0.05) is 17.3 Å². The van der Waals surface area contributed by atoms with Crippen LogP contribution in [0.5, 0.6) is 0 Å². The van der Waals surface area contributed by atoms with Gasteiger partial charge in [0.15, 0.2) is 0 Å². The second-order valence-corrected chi connectivity index (χ2v) is 5.82. The van der Waals surface area contributed by atoms with E-state index in [0.29, 0.717) is 5.02 Å². The molecule has 0 spiro atoms. The summed E-state index contributed by atoms with van der Waals surface area (Å²) in [6, 6.07) is 15.8. The zero-order valence-corrected chi connectivity index (χ0v) is 12.8. The molecule has 2 nitrogen and oxygen atoms in total. The van der Waals surface area contributed by atoms with Crippen LogP contribution in [0.2, 0.25) is 5.02 Å². The van der Waals surface area contributed by atoms with E-state index in [-0.39, 0.29) is 11.8 Å². The molecule has 0 N–H and O–H groups in total. The molecule has 0 aliphatic carbocycles. The van der Waals surface area contributed by atoms with Gasteiger partial charge in [-0.1, -0.05) is 48.9 Å². The van der Waals surface area contributed by atoms with E-state index in [4.69, 9.17) is 11.6 Å². The van der Waals surface area contributed by atoms with Crippen molar-refractivity contribution in [3.8, 4) is 0 Å². The molecule has 3 rings (SSSR count). The topological polar surface area (TPSA) is 20.3 Å². The van der Waals surface area contributed by atoms with Crippen molar-refractivity contribution in [2.75, 3.05) is 11.4 Å². The summed E-state index contributed by atoms with van der Waals surface area (Å²) in [4.78, 5) is 14.9. The van der Waals surface area contributed by atoms with Gasteiger partial charge in [-0.25, -0.2) is 0 Å². The Balaban J connectivity index is 1.91. The molecular formula is C18H18ClNO. The molecule has 3 heteroatoms. The third kappa shape index (κ3) is 2.68. The molecule has 0 saturated heterocycles. The second kappa shape index (κ2) is 5.90. The first-order valence-corrected chi connectivity index (χ1v) is 7.73. The molecular weight excluding hydrogens is 282 g/mol. The molecule has 1 aliphatic heterocycles. The third-order valence-electron chi connectivity index (χ3n) is 4.11. The van der Waals surface area contributed by atoms with E-state index >= 15 is 0 Å². The Bertz CT molecular complexity index is 668. The summed E-state index contributed by atoms with van der Waals surface area (Å²) in [5.41, 5.74) is 3.31. The lowest BCUT2D eigenvalue weighted by Crippen LogP contribution is -2.33. The Morgan fingerprint density at radius 1 is 1.24 bits per heavy atom. The molecule has 1 atom stereocenters. The van der Waals surface area contributed by atoms with Gasteiger partial charge in [0.05, 0.1) is 5.92 Å². The predicted octanol–water partition coefficient (Wildman–Crippen LogP) is 4.42. The maximum absolute atomic E-state index is 12.9. The van der Waals surface area contributed by atoms with Gasteiger partial charge in [-0.05, 0) is 42.2 Å². The first-order valence-electron chi connectivity index (χ1n) is 7.35. The van der Waals surface area contributed by atoms with Gasteiger partial charge < -0.3 is 4.90 Å². The fourth-order valence-electron chi connectivity index (χ4n) is 3.03. The highest BCUT2D eigenvalue weighted by atomic mass is 35.5. The number of benzene rings is 2. The maximum atomic E-state index is 12.9. The molecule has 21 heavy (non-hydrogen) atoms. The molecule has 0 fully saturated rings. The lowest BCUT2D eigenvalue weighted by Gasteiger charge is -2.23. The van der Waals surface area contributed by atoms with E-state index < -0.39 is 0 Å². The maximum Gasteiger partial charge on any atom is 0.234 e. The number of nitrogens with zero attached hydrogens (tertiary/aromatic N) is 1. The van der Waals surface area contributed by atoms with Crippen LogP contribution in [0.1, 0.15) is 30.4 Å². The zero-order chi connectivity index (χ0) is 14.8. The van der Waals surface area contributed by atoms with Gasteiger partial charge in [-0.2, -0.15) is 0 Å². The Morgan fingerprint density at radius 2 is 2.05 bits per heavy atom. The number of carbonyl (C=O) groups excluding carboxylic acids is 1. The van der Waals surface area contributed by atoms with Crippen molar-refractivity contribution >= 4 is 23.2 Å². The van der Waals surface area contributed by atoms with E-state index in [1.807, 2.05) is 54.3 Å². The quantitative estimate of drug-likeness (QED) is 0.821. The Hall–Kier alpha value is -1.80. The van der Waals surface area contributed by atoms with E-state index in [1.54, 1.807) is 0 Å². The van der Waals surface area contributed by atoms with Crippen molar-refractivity contribution < 1.29 is 4.79 Å². The number of para-hydroxylation sites is 1. The summed E-state index contributed by atoms with van der Waals surface area (Å²) in [7, 11) is 0. The fraction of sp³-hybridized carbons (Fsp3) is 0.278. The van der Waals surface area contributed by atoms with Crippen molar-refractivity contribution in [1.29, 1.82) is 0 Å². The summed E-state index contributed by atoms with van der Waals surface area (Å²) in [6.45, 7) is 2.82. The van der Waals surface area contributed by atoms with Crippen molar-refractivity contribution in [3.63, 3.8) is 0 Å². The van der Waals surface area contributed by atoms with Gasteiger partial charge in [0.2, 0.25) is 5.91 Å². The molecule has 0 saturated carbocycles. The van der Waals surface area contributed by atoms with E-state index in [2.05, 4.69) is 6.07 Å². The second-order valence-electron chi connectivity index (χ2n) is 5.38. The Morgan fingerprint density at radius 3 is 2.81 bits per heavy atom. The molecule has 2 aromatic rings. The lowest BCUT2D eigenvalue weighted by atomic mass is 9.95. The zero-order valence-electron chi connectivity index (χ0n) is 12.1. The Labute approximate surface area is 130 Å². The molecule has 1 amide bonds. The van der Waals surface area contributed by atoms with Crippen LogP contribution in [0.4, 0.5) is 5.69 Å². The van der Waals surface area contributed by atoms with Crippen molar-refractivity contribution in [3.05, 3.63) is 64.7 Å². The van der Waals surface area contributed by atoms with Crippen LogP contribution in [0, 0.1) is 0 Å². The van der Waals surface area contributed by atoms with Crippen LogP contribution >= 0.6 is 11.6 Å². The summed E-state index contributed by atoms with van der Waals surface area (Å²) < 4.78 is 0. The average molecular weight is 300 g/mol. The normalized spacial score (nSPS) is 14.9. The van der Waals surface area contributed by atoms with Gasteiger partial charge in [0.1, 0.15) is 0 Å². The number of hydrogen-bond donors (Lipinski definition) is 0.